The van der Waals surface area contributed by atoms with Gasteiger partial charge in [0.1, 0.15) is 42.5 Å². The van der Waals surface area contributed by atoms with Crippen LogP contribution in [0.5, 0.6) is 11.5 Å². The van der Waals surface area contributed by atoms with E-state index >= 15 is 0 Å². The minimum Gasteiger partial charge on any atom is -0.490 e. The summed E-state index contributed by atoms with van der Waals surface area (Å²) in [5, 5.41) is 17.8. The summed E-state index contributed by atoms with van der Waals surface area (Å²) < 4.78 is 22.7. The van der Waals surface area contributed by atoms with Crippen molar-refractivity contribution < 1.29 is 23.7 Å². The maximum Gasteiger partial charge on any atom is 0.269 e. The molecule has 0 aromatic heterocycles. The number of rotatable bonds is 3. The number of anilines is 2. The van der Waals surface area contributed by atoms with Crippen molar-refractivity contribution in [3.8, 4) is 23.6 Å². The lowest BCUT2D eigenvalue weighted by atomic mass is 9.76. The third-order valence-electron chi connectivity index (χ3n) is 11.1. The van der Waals surface area contributed by atoms with E-state index in [2.05, 4.69) is 59.3 Å². The number of hydrogen-bond acceptors (Lipinski definition) is 9. The Kier molecular flexibility index (Phi) is 12.2. The molecule has 0 N–H and O–H groups in total. The maximum absolute atomic E-state index is 11.0. The van der Waals surface area contributed by atoms with Gasteiger partial charge in [0.25, 0.3) is 11.4 Å². The highest BCUT2D eigenvalue weighted by Gasteiger charge is 2.37. The van der Waals surface area contributed by atoms with Gasteiger partial charge < -0.3 is 28.7 Å². The molecule has 59 heavy (non-hydrogen) atoms. The van der Waals surface area contributed by atoms with Crippen molar-refractivity contribution in [2.75, 3.05) is 49.2 Å². The molecule has 0 radical (unpaired) electrons. The van der Waals surface area contributed by atoms with Crippen molar-refractivity contribution in [3.63, 3.8) is 0 Å². The zero-order chi connectivity index (χ0) is 42.5. The van der Waals surface area contributed by atoms with Crippen LogP contribution in [0.15, 0.2) is 100 Å². The molecule has 300 valence electrons. The molecule has 0 spiro atoms. The Labute approximate surface area is 347 Å². The molecule has 0 saturated heterocycles. The van der Waals surface area contributed by atoms with E-state index < -0.39 is 0 Å². The molecule has 11 nitrogen and oxygen atoms in total. The second-order valence-corrected chi connectivity index (χ2v) is 16.3. The van der Waals surface area contributed by atoms with Crippen LogP contribution in [0.1, 0.15) is 88.4 Å². The number of benzene rings is 2. The first-order valence-corrected chi connectivity index (χ1v) is 19.6. The molecule has 11 heteroatoms. The molecule has 6 heterocycles. The highest BCUT2D eigenvalue weighted by Crippen LogP contribution is 2.48. The summed E-state index contributed by atoms with van der Waals surface area (Å²) in [5.74, 6) is 4.47. The van der Waals surface area contributed by atoms with Gasteiger partial charge in [0, 0.05) is 18.7 Å². The SMILES string of the molecule is CC1(C)CCN2CCOc3cc(C=O)cc1c32.[C-]#[N+]/C(C#N)=C1\C=C(C)OC(/C=C/c2cc3c4c(c2)C(C)(C)CCN4CCO3)=C1.[C-]#[N+]C(C#N)=C1C=C(C)OC(C)=C1. The number of carbonyl (C=O) groups excluding carboxylic acids is 1. The lowest BCUT2D eigenvalue weighted by molar-refractivity contribution is 0.112. The number of carbonyl (C=O) groups is 1. The predicted molar refractivity (Wildman–Crippen MR) is 228 cm³/mol. The van der Waals surface area contributed by atoms with E-state index in [1.165, 1.54) is 22.5 Å². The summed E-state index contributed by atoms with van der Waals surface area (Å²) >= 11 is 0. The average Bonchev–Trinajstić information content (AvgIpc) is 3.21. The lowest BCUT2D eigenvalue weighted by Gasteiger charge is -2.43. The normalized spacial score (nSPS) is 19.5. The topological polar surface area (TPSA) is 117 Å². The minimum absolute atomic E-state index is 0.0620. The van der Waals surface area contributed by atoms with Crippen molar-refractivity contribution in [1.29, 1.82) is 10.5 Å². The highest BCUT2D eigenvalue weighted by atomic mass is 16.5. The van der Waals surface area contributed by atoms with E-state index in [1.807, 2.05) is 43.3 Å². The Balaban J connectivity index is 0.000000165. The Morgan fingerprint density at radius 1 is 0.678 bits per heavy atom. The zero-order valence-electron chi connectivity index (χ0n) is 34.7. The van der Waals surface area contributed by atoms with Crippen molar-refractivity contribution in [2.24, 2.45) is 0 Å². The summed E-state index contributed by atoms with van der Waals surface area (Å²) in [6, 6.07) is 12.0. The van der Waals surface area contributed by atoms with Gasteiger partial charge in [0.05, 0.1) is 61.3 Å². The second-order valence-electron chi connectivity index (χ2n) is 16.3. The maximum atomic E-state index is 11.0. The molecule has 2 aromatic carbocycles. The molecular formula is C48H48N6O5. The highest BCUT2D eigenvalue weighted by molar-refractivity contribution is 5.81. The number of nitrogens with zero attached hydrogens (tertiary/aromatic N) is 6. The van der Waals surface area contributed by atoms with Gasteiger partial charge in [-0.15, -0.1) is 0 Å². The number of allylic oxidation sites excluding steroid dienone is 12. The molecule has 0 bridgehead atoms. The molecule has 0 fully saturated rings. The largest absolute Gasteiger partial charge is 0.490 e. The smallest absolute Gasteiger partial charge is 0.269 e. The van der Waals surface area contributed by atoms with Gasteiger partial charge in [0.15, 0.2) is 0 Å². The van der Waals surface area contributed by atoms with Gasteiger partial charge in [-0.3, -0.25) is 4.79 Å². The van der Waals surface area contributed by atoms with Crippen molar-refractivity contribution in [2.45, 2.75) is 72.1 Å². The Morgan fingerprint density at radius 2 is 1.14 bits per heavy atom. The molecule has 2 aromatic rings. The molecule has 0 amide bonds. The molecular weight excluding hydrogens is 741 g/mol. The van der Waals surface area contributed by atoms with E-state index in [0.717, 1.165) is 74.5 Å². The molecule has 8 rings (SSSR count). The molecule has 0 unspecified atom stereocenters. The van der Waals surface area contributed by atoms with Crippen molar-refractivity contribution >= 4 is 23.7 Å². The van der Waals surface area contributed by atoms with Crippen LogP contribution < -0.4 is 19.3 Å². The summed E-state index contributed by atoms with van der Waals surface area (Å²) in [6.45, 7) is 33.8. The second kappa shape index (κ2) is 17.3. The fourth-order valence-electron chi connectivity index (χ4n) is 7.92. The number of nitriles is 2. The van der Waals surface area contributed by atoms with E-state index in [0.29, 0.717) is 40.8 Å². The Bertz CT molecular complexity index is 2410. The third kappa shape index (κ3) is 9.12. The summed E-state index contributed by atoms with van der Waals surface area (Å²) in [5.41, 5.74) is 8.35. The van der Waals surface area contributed by atoms with Crippen LogP contribution in [0.4, 0.5) is 11.4 Å². The fraction of sp³-hybridized carbons (Fsp3) is 0.354. The van der Waals surface area contributed by atoms with Crippen LogP contribution in [0.25, 0.3) is 15.8 Å². The standard InChI is InChI=1S/C24H23N3O2.C14H17NO2.C10H8N2O/c1-16-11-18(21(15-25)26-4)14-19(29-16)6-5-17-12-20-23-22(13-17)28-10-9-27(23)8-7-24(20,2)3;1-14(2)3-4-15-5-6-17-12-8-10(9-16)7-11(14)13(12)15;1-7-4-9(5-8(2)13-7)10(6-11)12-3/h5-6,11-14H,7-10H2,1-3H3;7-9H,3-6H2,1-2H3;4-5H,1-2H3/b6-5+,21-18+;;. The first-order chi connectivity index (χ1) is 28.2. The van der Waals surface area contributed by atoms with Crippen LogP contribution in [0, 0.1) is 35.8 Å². The molecule has 6 aliphatic rings. The van der Waals surface area contributed by atoms with Crippen molar-refractivity contribution in [1.82, 2.24) is 0 Å². The first-order valence-electron chi connectivity index (χ1n) is 19.6. The van der Waals surface area contributed by atoms with Gasteiger partial charge in [-0.05, 0) is 127 Å². The van der Waals surface area contributed by atoms with E-state index in [4.69, 9.17) is 42.6 Å². The number of aldehydes is 1. The number of hydrogen-bond donors (Lipinski definition) is 0. The van der Waals surface area contributed by atoms with Crippen LogP contribution in [-0.4, -0.2) is 45.7 Å². The van der Waals surface area contributed by atoms with Crippen molar-refractivity contribution in [3.05, 3.63) is 145 Å². The van der Waals surface area contributed by atoms with Gasteiger partial charge in [-0.2, -0.15) is 0 Å². The monoisotopic (exact) mass is 788 g/mol. The van der Waals surface area contributed by atoms with E-state index in [9.17, 15) is 4.79 Å². The van der Waals surface area contributed by atoms with E-state index in [-0.39, 0.29) is 22.2 Å². The molecule has 0 atom stereocenters. The third-order valence-corrected chi connectivity index (χ3v) is 11.1. The van der Waals surface area contributed by atoms with Crippen LogP contribution in [-0.2, 0) is 20.3 Å². The fourth-order valence-corrected chi connectivity index (χ4v) is 7.92. The van der Waals surface area contributed by atoms with Crippen LogP contribution in [0.2, 0.25) is 0 Å². The van der Waals surface area contributed by atoms with Gasteiger partial charge in [-0.25, -0.2) is 20.2 Å². The molecule has 6 aliphatic heterocycles. The number of ether oxygens (including phenoxy) is 4. The first kappa shape index (κ1) is 41.7. The minimum atomic E-state index is 0.0620. The summed E-state index contributed by atoms with van der Waals surface area (Å²) in [6.07, 6.45) is 13.8. The Hall–Kier alpha value is -6.95. The van der Waals surface area contributed by atoms with E-state index in [1.54, 1.807) is 38.2 Å². The average molecular weight is 789 g/mol. The van der Waals surface area contributed by atoms with Gasteiger partial charge in [0.2, 0.25) is 0 Å². The molecule has 0 saturated carbocycles. The summed E-state index contributed by atoms with van der Waals surface area (Å²) in [4.78, 5) is 22.2. The molecule has 0 aliphatic carbocycles. The van der Waals surface area contributed by atoms with Gasteiger partial charge >= 0.3 is 0 Å². The quantitative estimate of drug-likeness (QED) is 0.170. The predicted octanol–water partition coefficient (Wildman–Crippen LogP) is 10.00. The van der Waals surface area contributed by atoms with Crippen LogP contribution >= 0.6 is 0 Å². The lowest BCUT2D eigenvalue weighted by Crippen LogP contribution is -2.42. The van der Waals surface area contributed by atoms with Crippen LogP contribution in [0.3, 0.4) is 0 Å². The summed E-state index contributed by atoms with van der Waals surface area (Å²) in [7, 11) is 0. The zero-order valence-corrected chi connectivity index (χ0v) is 34.7. The Morgan fingerprint density at radius 3 is 1.61 bits per heavy atom. The van der Waals surface area contributed by atoms with Gasteiger partial charge in [-0.1, -0.05) is 33.8 Å².